The molecule has 0 saturated heterocycles. The van der Waals surface area contributed by atoms with E-state index in [-0.39, 0.29) is 17.9 Å². The molecule has 172 valence electrons. The van der Waals surface area contributed by atoms with E-state index in [9.17, 15) is 4.79 Å². The third kappa shape index (κ3) is 4.89. The summed E-state index contributed by atoms with van der Waals surface area (Å²) in [7, 11) is 1.82. The van der Waals surface area contributed by atoms with Gasteiger partial charge in [-0.2, -0.15) is 5.10 Å². The first-order valence-corrected chi connectivity index (χ1v) is 11.0. The third-order valence-electron chi connectivity index (χ3n) is 5.42. The van der Waals surface area contributed by atoms with Crippen molar-refractivity contribution in [3.8, 4) is 5.88 Å². The second-order valence-electron chi connectivity index (χ2n) is 9.35. The average Bonchev–Trinajstić information content (AvgIpc) is 3.28. The van der Waals surface area contributed by atoms with Crippen molar-refractivity contribution in [1.82, 2.24) is 24.5 Å². The van der Waals surface area contributed by atoms with Crippen LogP contribution >= 0.6 is 0 Å². The van der Waals surface area contributed by atoms with Gasteiger partial charge in [-0.25, -0.2) is 14.3 Å². The Morgan fingerprint density at radius 1 is 1.09 bits per heavy atom. The quantitative estimate of drug-likeness (QED) is 0.481. The first kappa shape index (κ1) is 22.5. The van der Waals surface area contributed by atoms with Crippen LogP contribution in [-0.2, 0) is 23.8 Å². The molecule has 33 heavy (non-hydrogen) atoms. The Bertz CT molecular complexity index is 1300. The molecule has 0 spiro atoms. The van der Waals surface area contributed by atoms with Crippen LogP contribution in [0.1, 0.15) is 43.3 Å². The predicted molar refractivity (Wildman–Crippen MR) is 129 cm³/mol. The number of benzene rings is 1. The molecule has 0 aliphatic heterocycles. The monoisotopic (exact) mass is 446 g/mol. The molecule has 0 bridgehead atoms. The highest BCUT2D eigenvalue weighted by Crippen LogP contribution is 2.27. The number of pyridine rings is 1. The van der Waals surface area contributed by atoms with Gasteiger partial charge in [0.25, 0.3) is 5.91 Å². The topological polar surface area (TPSA) is 86.9 Å². The zero-order valence-corrected chi connectivity index (χ0v) is 20.0. The van der Waals surface area contributed by atoms with Gasteiger partial charge in [0.2, 0.25) is 5.88 Å². The molecule has 0 fully saturated rings. The molecule has 3 heterocycles. The van der Waals surface area contributed by atoms with E-state index in [1.807, 2.05) is 68.0 Å². The van der Waals surface area contributed by atoms with Crippen LogP contribution < -0.4 is 10.1 Å². The van der Waals surface area contributed by atoms with Crippen molar-refractivity contribution in [2.24, 2.45) is 7.05 Å². The van der Waals surface area contributed by atoms with E-state index < -0.39 is 0 Å². The molecule has 1 N–H and O–H groups in total. The van der Waals surface area contributed by atoms with Gasteiger partial charge in [-0.05, 0) is 31.0 Å². The molecule has 0 atom stereocenters. The second kappa shape index (κ2) is 8.69. The van der Waals surface area contributed by atoms with Gasteiger partial charge in [0.1, 0.15) is 5.82 Å². The lowest BCUT2D eigenvalue weighted by molar-refractivity contribution is -0.118. The smallest absolute Gasteiger partial charge is 0.263 e. The standard InChI is InChI=1S/C25H30N6O2/c1-16-12-17(2)26-23-22(16)24(29-30(23)6)33-15-21(32)27-20-13-19(25(3,4)5)28-31(20)14-18-10-8-7-9-11-18/h7-13H,14-15H2,1-6H3,(H,27,32). The molecule has 0 saturated carbocycles. The summed E-state index contributed by atoms with van der Waals surface area (Å²) in [6.45, 7) is 10.6. The lowest BCUT2D eigenvalue weighted by Crippen LogP contribution is -2.22. The molecular formula is C25H30N6O2. The molecule has 1 amide bonds. The molecule has 0 radical (unpaired) electrons. The maximum Gasteiger partial charge on any atom is 0.263 e. The van der Waals surface area contributed by atoms with Gasteiger partial charge in [0.15, 0.2) is 12.3 Å². The Labute approximate surface area is 193 Å². The van der Waals surface area contributed by atoms with Crippen LogP contribution in [0.25, 0.3) is 11.0 Å². The number of aromatic nitrogens is 5. The van der Waals surface area contributed by atoms with Gasteiger partial charge >= 0.3 is 0 Å². The van der Waals surface area contributed by atoms with Crippen LogP contribution in [0.2, 0.25) is 0 Å². The van der Waals surface area contributed by atoms with Gasteiger partial charge in [-0.3, -0.25) is 4.79 Å². The first-order valence-electron chi connectivity index (χ1n) is 11.0. The molecule has 3 aromatic heterocycles. The van der Waals surface area contributed by atoms with E-state index in [0.717, 1.165) is 33.5 Å². The molecule has 1 aromatic carbocycles. The SMILES string of the molecule is Cc1cc(C)c2c(OCC(=O)Nc3cc(C(C)(C)C)nn3Cc3ccccc3)nn(C)c2n1. The molecule has 0 aliphatic carbocycles. The van der Waals surface area contributed by atoms with Crippen LogP contribution in [0, 0.1) is 13.8 Å². The predicted octanol–water partition coefficient (Wildman–Crippen LogP) is 4.14. The van der Waals surface area contributed by atoms with Crippen LogP contribution in [-0.4, -0.2) is 37.1 Å². The van der Waals surface area contributed by atoms with Crippen LogP contribution in [0.4, 0.5) is 5.82 Å². The minimum absolute atomic E-state index is 0.145. The highest BCUT2D eigenvalue weighted by molar-refractivity contribution is 5.92. The summed E-state index contributed by atoms with van der Waals surface area (Å²) in [5.41, 5.74) is 4.52. The highest BCUT2D eigenvalue weighted by Gasteiger charge is 2.22. The van der Waals surface area contributed by atoms with Crippen molar-refractivity contribution >= 4 is 22.8 Å². The summed E-state index contributed by atoms with van der Waals surface area (Å²) in [4.78, 5) is 17.3. The van der Waals surface area contributed by atoms with E-state index in [4.69, 9.17) is 9.84 Å². The van der Waals surface area contributed by atoms with Crippen molar-refractivity contribution in [1.29, 1.82) is 0 Å². The van der Waals surface area contributed by atoms with E-state index in [1.165, 1.54) is 0 Å². The normalized spacial score (nSPS) is 11.7. The van der Waals surface area contributed by atoms with Crippen LogP contribution in [0.15, 0.2) is 42.5 Å². The lowest BCUT2D eigenvalue weighted by Gasteiger charge is -2.14. The number of nitrogens with one attached hydrogen (secondary N) is 1. The maximum atomic E-state index is 12.8. The van der Waals surface area contributed by atoms with E-state index >= 15 is 0 Å². The van der Waals surface area contributed by atoms with E-state index in [1.54, 1.807) is 4.68 Å². The Balaban J connectivity index is 1.53. The van der Waals surface area contributed by atoms with Crippen LogP contribution in [0.3, 0.4) is 0 Å². The van der Waals surface area contributed by atoms with Crippen molar-refractivity contribution in [3.63, 3.8) is 0 Å². The minimum atomic E-state index is -0.277. The number of anilines is 1. The van der Waals surface area contributed by atoms with Gasteiger partial charge in [0.05, 0.1) is 17.6 Å². The second-order valence-corrected chi connectivity index (χ2v) is 9.35. The van der Waals surface area contributed by atoms with E-state index in [2.05, 4.69) is 36.2 Å². The maximum absolute atomic E-state index is 12.8. The summed E-state index contributed by atoms with van der Waals surface area (Å²) in [5, 5.41) is 12.9. The summed E-state index contributed by atoms with van der Waals surface area (Å²) in [5.74, 6) is 0.763. The molecule has 4 rings (SSSR count). The summed E-state index contributed by atoms with van der Waals surface area (Å²) >= 11 is 0. The molecule has 0 aliphatic rings. The van der Waals surface area contributed by atoms with Crippen molar-refractivity contribution in [2.45, 2.75) is 46.6 Å². The van der Waals surface area contributed by atoms with Crippen molar-refractivity contribution < 1.29 is 9.53 Å². The van der Waals surface area contributed by atoms with Gasteiger partial charge < -0.3 is 10.1 Å². The van der Waals surface area contributed by atoms with Crippen LogP contribution in [0.5, 0.6) is 5.88 Å². The third-order valence-corrected chi connectivity index (χ3v) is 5.42. The summed E-state index contributed by atoms with van der Waals surface area (Å²) in [6, 6.07) is 13.9. The summed E-state index contributed by atoms with van der Waals surface area (Å²) in [6.07, 6.45) is 0. The Kier molecular flexibility index (Phi) is 5.93. The molecule has 8 heteroatoms. The molecule has 0 unspecified atom stereocenters. The zero-order valence-electron chi connectivity index (χ0n) is 20.0. The number of carbonyl (C=O) groups excluding carboxylic acids is 1. The largest absolute Gasteiger partial charge is 0.466 e. The fourth-order valence-corrected chi connectivity index (χ4v) is 3.72. The van der Waals surface area contributed by atoms with Gasteiger partial charge in [-0.1, -0.05) is 51.1 Å². The number of fused-ring (bicyclic) bond motifs is 1. The number of ether oxygens (including phenoxy) is 1. The van der Waals surface area contributed by atoms with Crippen molar-refractivity contribution in [3.05, 3.63) is 65.0 Å². The Hall–Kier alpha value is -3.68. The number of carbonyl (C=O) groups is 1. The van der Waals surface area contributed by atoms with Crippen molar-refractivity contribution in [2.75, 3.05) is 11.9 Å². The molecular weight excluding hydrogens is 416 g/mol. The number of rotatable bonds is 6. The van der Waals surface area contributed by atoms with E-state index in [0.29, 0.717) is 18.2 Å². The average molecular weight is 447 g/mol. The number of nitrogens with zero attached hydrogens (tertiary/aromatic N) is 5. The fraction of sp³-hybridized carbons (Fsp3) is 0.360. The first-order chi connectivity index (χ1) is 15.6. The van der Waals surface area contributed by atoms with Gasteiger partial charge in [0, 0.05) is 24.2 Å². The highest BCUT2D eigenvalue weighted by atomic mass is 16.5. The number of hydrogen-bond donors (Lipinski definition) is 1. The number of aryl methyl sites for hydroxylation is 3. The summed E-state index contributed by atoms with van der Waals surface area (Å²) < 4.78 is 9.31. The fourth-order valence-electron chi connectivity index (χ4n) is 3.72. The van der Waals surface area contributed by atoms with Gasteiger partial charge in [-0.15, -0.1) is 5.10 Å². The minimum Gasteiger partial charge on any atom is -0.466 e. The Morgan fingerprint density at radius 3 is 2.52 bits per heavy atom. The lowest BCUT2D eigenvalue weighted by atomic mass is 9.92. The number of amides is 1. The Morgan fingerprint density at radius 2 is 1.82 bits per heavy atom. The molecule has 4 aromatic rings. The number of hydrogen-bond acceptors (Lipinski definition) is 5. The molecule has 8 nitrogen and oxygen atoms in total. The zero-order chi connectivity index (χ0) is 23.8.